The Bertz CT molecular complexity index is 733. The molecule has 0 atom stereocenters. The van der Waals surface area contributed by atoms with Gasteiger partial charge in [-0.3, -0.25) is 4.79 Å². The van der Waals surface area contributed by atoms with Crippen LogP contribution in [0.25, 0.3) is 0 Å². The smallest absolute Gasteiger partial charge is 0.359 e. The van der Waals surface area contributed by atoms with Gasteiger partial charge in [0.15, 0.2) is 5.78 Å². The van der Waals surface area contributed by atoms with Gasteiger partial charge in [-0.25, -0.2) is 4.39 Å². The number of hydrogen-bond acceptors (Lipinski definition) is 2. The van der Waals surface area contributed by atoms with Crippen molar-refractivity contribution in [3.63, 3.8) is 0 Å². The fourth-order valence-electron chi connectivity index (χ4n) is 1.93. The van der Waals surface area contributed by atoms with Crippen LogP contribution in [0.1, 0.15) is 22.8 Å². The third-order valence-electron chi connectivity index (χ3n) is 3.01. The van der Waals surface area contributed by atoms with Crippen LogP contribution in [0.3, 0.4) is 0 Å². The van der Waals surface area contributed by atoms with Crippen LogP contribution in [0.2, 0.25) is 0 Å². The first kappa shape index (κ1) is 16.7. The minimum absolute atomic E-state index is 0.223. The molecule has 6 heteroatoms. The predicted molar refractivity (Wildman–Crippen MR) is 79.6 cm³/mol. The Hall–Kier alpha value is -2.63. The molecule has 0 bridgehead atoms. The van der Waals surface area contributed by atoms with E-state index in [1.807, 2.05) is 0 Å². The molecule has 0 heterocycles. The van der Waals surface area contributed by atoms with E-state index < -0.39 is 17.6 Å². The summed E-state index contributed by atoms with van der Waals surface area (Å²) in [5.41, 5.74) is 0.107. The molecule has 0 spiro atoms. The van der Waals surface area contributed by atoms with Crippen LogP contribution in [-0.4, -0.2) is 5.78 Å². The molecule has 2 rings (SSSR count). The molecule has 2 aromatic rings. The van der Waals surface area contributed by atoms with Crippen molar-refractivity contribution in [2.24, 2.45) is 0 Å². The molecule has 0 aromatic heterocycles. The molecule has 0 aliphatic rings. The highest BCUT2D eigenvalue weighted by Crippen LogP contribution is 2.30. The number of allylic oxidation sites excluding steroid dienone is 2. The van der Waals surface area contributed by atoms with Gasteiger partial charge in [-0.15, -0.1) is 0 Å². The molecule has 2 aromatic carbocycles. The molecule has 2 nitrogen and oxygen atoms in total. The highest BCUT2D eigenvalue weighted by Gasteiger charge is 2.30. The van der Waals surface area contributed by atoms with Gasteiger partial charge < -0.3 is 5.32 Å². The molecule has 0 fully saturated rings. The Morgan fingerprint density at radius 3 is 2.35 bits per heavy atom. The van der Waals surface area contributed by atoms with Crippen molar-refractivity contribution in [1.29, 1.82) is 0 Å². The van der Waals surface area contributed by atoms with Crippen LogP contribution in [0.4, 0.5) is 23.2 Å². The largest absolute Gasteiger partial charge is 0.416 e. The molecule has 120 valence electrons. The summed E-state index contributed by atoms with van der Waals surface area (Å²) in [7, 11) is 0. The molecule has 0 aliphatic carbocycles. The summed E-state index contributed by atoms with van der Waals surface area (Å²) in [5, 5.41) is 2.73. The average Bonchev–Trinajstić information content (AvgIpc) is 2.47. The average molecular weight is 323 g/mol. The number of anilines is 1. The van der Waals surface area contributed by atoms with E-state index in [-0.39, 0.29) is 17.0 Å². The van der Waals surface area contributed by atoms with Crippen LogP contribution in [0.5, 0.6) is 0 Å². The third kappa shape index (κ3) is 4.67. The van der Waals surface area contributed by atoms with Crippen molar-refractivity contribution in [1.82, 2.24) is 0 Å². The Balaban J connectivity index is 2.13. The second-order valence-electron chi connectivity index (χ2n) is 4.90. The van der Waals surface area contributed by atoms with Gasteiger partial charge in [-0.2, -0.15) is 13.2 Å². The minimum atomic E-state index is -4.43. The van der Waals surface area contributed by atoms with E-state index in [1.54, 1.807) is 6.92 Å². The summed E-state index contributed by atoms with van der Waals surface area (Å²) in [4.78, 5) is 12.0. The second-order valence-corrected chi connectivity index (χ2v) is 4.90. The zero-order chi connectivity index (χ0) is 17.0. The topological polar surface area (TPSA) is 29.1 Å². The zero-order valence-electron chi connectivity index (χ0n) is 12.1. The van der Waals surface area contributed by atoms with Crippen LogP contribution in [-0.2, 0) is 6.18 Å². The summed E-state index contributed by atoms with van der Waals surface area (Å²) in [6, 6.07) is 9.67. The fourth-order valence-corrected chi connectivity index (χ4v) is 1.93. The Kier molecular flexibility index (Phi) is 4.83. The van der Waals surface area contributed by atoms with Crippen molar-refractivity contribution in [2.75, 3.05) is 5.32 Å². The molecule has 0 radical (unpaired) electrons. The molecular formula is C17H13F4NO. The number of benzene rings is 2. The normalized spacial score (nSPS) is 12.1. The third-order valence-corrected chi connectivity index (χ3v) is 3.01. The van der Waals surface area contributed by atoms with E-state index in [2.05, 4.69) is 5.32 Å². The monoisotopic (exact) mass is 323 g/mol. The zero-order valence-corrected chi connectivity index (χ0v) is 12.1. The van der Waals surface area contributed by atoms with E-state index in [1.165, 1.54) is 30.3 Å². The van der Waals surface area contributed by atoms with Crippen molar-refractivity contribution in [3.8, 4) is 0 Å². The Labute approximate surface area is 130 Å². The number of rotatable bonds is 4. The summed E-state index contributed by atoms with van der Waals surface area (Å²) in [6.07, 6.45) is -3.19. The molecule has 0 saturated heterocycles. The van der Waals surface area contributed by atoms with E-state index in [0.717, 1.165) is 24.3 Å². The first-order chi connectivity index (χ1) is 10.8. The predicted octanol–water partition coefficient (Wildman–Crippen LogP) is 5.04. The molecule has 0 unspecified atom stereocenters. The lowest BCUT2D eigenvalue weighted by Gasteiger charge is -2.10. The van der Waals surface area contributed by atoms with E-state index in [4.69, 9.17) is 0 Å². The van der Waals surface area contributed by atoms with Crippen LogP contribution in [0.15, 0.2) is 60.3 Å². The summed E-state index contributed by atoms with van der Waals surface area (Å²) >= 11 is 0. The number of carbonyl (C=O) groups excluding carboxylic acids is 1. The second kappa shape index (κ2) is 6.64. The number of carbonyl (C=O) groups is 1. The first-order valence-electron chi connectivity index (χ1n) is 6.68. The maximum absolute atomic E-state index is 12.8. The van der Waals surface area contributed by atoms with Gasteiger partial charge in [0, 0.05) is 23.0 Å². The van der Waals surface area contributed by atoms with E-state index in [0.29, 0.717) is 5.70 Å². The van der Waals surface area contributed by atoms with Gasteiger partial charge >= 0.3 is 6.18 Å². The van der Waals surface area contributed by atoms with E-state index >= 15 is 0 Å². The van der Waals surface area contributed by atoms with Gasteiger partial charge in [0.05, 0.1) is 5.56 Å². The highest BCUT2D eigenvalue weighted by atomic mass is 19.4. The molecule has 23 heavy (non-hydrogen) atoms. The van der Waals surface area contributed by atoms with Crippen molar-refractivity contribution >= 4 is 11.5 Å². The first-order valence-corrected chi connectivity index (χ1v) is 6.68. The summed E-state index contributed by atoms with van der Waals surface area (Å²) < 4.78 is 50.7. The Morgan fingerprint density at radius 1 is 1.09 bits per heavy atom. The quantitative estimate of drug-likeness (QED) is 0.485. The fraction of sp³-hybridized carbons (Fsp3) is 0.118. The maximum atomic E-state index is 12.8. The molecular weight excluding hydrogens is 310 g/mol. The summed E-state index contributed by atoms with van der Waals surface area (Å²) in [6.45, 7) is 1.56. The number of halogens is 4. The van der Waals surface area contributed by atoms with E-state index in [9.17, 15) is 22.4 Å². The van der Waals surface area contributed by atoms with Crippen molar-refractivity contribution in [2.45, 2.75) is 13.1 Å². The van der Waals surface area contributed by atoms with Crippen molar-refractivity contribution in [3.05, 3.63) is 77.2 Å². The van der Waals surface area contributed by atoms with Crippen molar-refractivity contribution < 1.29 is 22.4 Å². The minimum Gasteiger partial charge on any atom is -0.359 e. The van der Waals surface area contributed by atoms with Crippen LogP contribution >= 0.6 is 0 Å². The lowest BCUT2D eigenvalue weighted by Crippen LogP contribution is -2.06. The SMILES string of the molecule is CC(=CC(=O)c1ccc(F)cc1)Nc1cccc(C(F)(F)F)c1. The highest BCUT2D eigenvalue weighted by molar-refractivity contribution is 6.05. The number of nitrogens with one attached hydrogen (secondary N) is 1. The number of alkyl halides is 3. The number of hydrogen-bond donors (Lipinski definition) is 1. The molecule has 0 amide bonds. The Morgan fingerprint density at radius 2 is 1.74 bits per heavy atom. The molecule has 0 saturated carbocycles. The lowest BCUT2D eigenvalue weighted by molar-refractivity contribution is -0.137. The maximum Gasteiger partial charge on any atom is 0.416 e. The van der Waals surface area contributed by atoms with Gasteiger partial charge in [0.1, 0.15) is 5.82 Å². The lowest BCUT2D eigenvalue weighted by atomic mass is 10.1. The van der Waals surface area contributed by atoms with Gasteiger partial charge in [0.2, 0.25) is 0 Å². The molecule has 0 aliphatic heterocycles. The van der Waals surface area contributed by atoms with Crippen LogP contribution in [0, 0.1) is 5.82 Å². The van der Waals surface area contributed by atoms with Crippen LogP contribution < -0.4 is 5.32 Å². The van der Waals surface area contributed by atoms with Gasteiger partial charge in [0.25, 0.3) is 0 Å². The summed E-state index contributed by atoms with van der Waals surface area (Å²) in [5.74, 6) is -0.827. The van der Waals surface area contributed by atoms with Gasteiger partial charge in [-0.1, -0.05) is 6.07 Å². The molecule has 1 N–H and O–H groups in total. The standard InChI is InChI=1S/C17H13F4NO/c1-11(9-16(23)12-5-7-14(18)8-6-12)22-15-4-2-3-13(10-15)17(19,20)21/h2-10,22H,1H3. The number of ketones is 1. The van der Waals surface area contributed by atoms with Gasteiger partial charge in [-0.05, 0) is 49.4 Å².